The number of ether oxygens (including phenoxy) is 1. The lowest BCUT2D eigenvalue weighted by Crippen LogP contribution is -2.48. The van der Waals surface area contributed by atoms with Crippen LogP contribution in [-0.4, -0.2) is 50.7 Å². The van der Waals surface area contributed by atoms with Crippen molar-refractivity contribution in [2.45, 2.75) is 69.1 Å². The Kier molecular flexibility index (Phi) is 13.7. The van der Waals surface area contributed by atoms with Crippen LogP contribution in [0.2, 0.25) is 0 Å². The van der Waals surface area contributed by atoms with Crippen LogP contribution in [0.15, 0.2) is 72.8 Å². The molecule has 0 heterocycles. The molecule has 3 aromatic rings. The number of aliphatic hydroxyl groups is 1. The molecular formula is C33H41ClF3N3O5S. The first-order valence-electron chi connectivity index (χ1n) is 15.0. The monoisotopic (exact) mass is 683 g/mol. The van der Waals surface area contributed by atoms with Crippen molar-refractivity contribution in [1.82, 2.24) is 10.6 Å². The van der Waals surface area contributed by atoms with E-state index in [1.54, 1.807) is 7.11 Å². The van der Waals surface area contributed by atoms with Crippen LogP contribution in [0, 0.1) is 5.92 Å². The average molecular weight is 684 g/mol. The molecule has 0 spiro atoms. The lowest BCUT2D eigenvalue weighted by atomic mass is 9.84. The van der Waals surface area contributed by atoms with Gasteiger partial charge in [-0.25, -0.2) is 0 Å². The summed E-state index contributed by atoms with van der Waals surface area (Å²) in [6.45, 7) is 0.572. The molecule has 2 atom stereocenters. The third-order valence-electron chi connectivity index (χ3n) is 7.98. The van der Waals surface area contributed by atoms with Gasteiger partial charge in [0, 0.05) is 24.3 Å². The van der Waals surface area contributed by atoms with Gasteiger partial charge in [0.2, 0.25) is 0 Å². The van der Waals surface area contributed by atoms with E-state index in [2.05, 4.69) is 22.8 Å². The summed E-state index contributed by atoms with van der Waals surface area (Å²) >= 11 is 0. The molecule has 46 heavy (non-hydrogen) atoms. The van der Waals surface area contributed by atoms with E-state index in [0.717, 1.165) is 29.7 Å². The maximum absolute atomic E-state index is 13.3. The second kappa shape index (κ2) is 17.0. The van der Waals surface area contributed by atoms with Gasteiger partial charge < -0.3 is 20.5 Å². The number of amides is 1. The summed E-state index contributed by atoms with van der Waals surface area (Å²) in [5.41, 5.74) is -2.93. The third kappa shape index (κ3) is 10.9. The minimum absolute atomic E-state index is 0. The number of nitrogens with one attached hydrogen (secondary N) is 3. The van der Waals surface area contributed by atoms with Crippen molar-refractivity contribution in [3.05, 3.63) is 95.1 Å². The summed E-state index contributed by atoms with van der Waals surface area (Å²) in [4.78, 5) is 13.3. The fourth-order valence-electron chi connectivity index (χ4n) is 5.62. The Morgan fingerprint density at radius 1 is 0.957 bits per heavy atom. The first-order chi connectivity index (χ1) is 21.4. The summed E-state index contributed by atoms with van der Waals surface area (Å²) < 4.78 is 68.5. The summed E-state index contributed by atoms with van der Waals surface area (Å²) in [5.74, 6) is 0.670. The molecule has 252 valence electrons. The highest BCUT2D eigenvalue weighted by molar-refractivity contribution is 7.93. The van der Waals surface area contributed by atoms with Crippen LogP contribution in [-0.2, 0) is 29.4 Å². The SMILES string of the molecule is COc1cccc(CNC[C@H](O)[C@H](Cc2cccc(CC3CCCCC3)c2)NC(=O)c2cccc(NS(=O)(=O)C(F)(F)F)c2)c1.Cl. The maximum atomic E-state index is 13.3. The summed E-state index contributed by atoms with van der Waals surface area (Å²) in [7, 11) is -4.08. The number of sulfonamides is 1. The molecule has 0 unspecified atom stereocenters. The quantitative estimate of drug-likeness (QED) is 0.166. The van der Waals surface area contributed by atoms with E-state index in [9.17, 15) is 31.5 Å². The van der Waals surface area contributed by atoms with Crippen LogP contribution < -0.4 is 20.1 Å². The van der Waals surface area contributed by atoms with Crippen LogP contribution in [0.4, 0.5) is 18.9 Å². The number of benzene rings is 3. The van der Waals surface area contributed by atoms with Crippen LogP contribution in [0.1, 0.15) is 59.2 Å². The minimum atomic E-state index is -5.66. The number of carbonyl (C=O) groups is 1. The lowest BCUT2D eigenvalue weighted by Gasteiger charge is -2.26. The van der Waals surface area contributed by atoms with Crippen molar-refractivity contribution in [1.29, 1.82) is 0 Å². The minimum Gasteiger partial charge on any atom is -0.497 e. The van der Waals surface area contributed by atoms with Gasteiger partial charge in [0.15, 0.2) is 0 Å². The van der Waals surface area contributed by atoms with Gasteiger partial charge >= 0.3 is 15.5 Å². The van der Waals surface area contributed by atoms with Crippen molar-refractivity contribution in [2.75, 3.05) is 18.4 Å². The largest absolute Gasteiger partial charge is 0.516 e. The predicted molar refractivity (Wildman–Crippen MR) is 175 cm³/mol. The average Bonchev–Trinajstić information content (AvgIpc) is 3.01. The Morgan fingerprint density at radius 3 is 2.35 bits per heavy atom. The number of hydrogen-bond acceptors (Lipinski definition) is 6. The molecule has 13 heteroatoms. The van der Waals surface area contributed by atoms with Gasteiger partial charge in [0.05, 0.1) is 19.3 Å². The normalized spacial score (nSPS) is 15.3. The Bertz CT molecular complexity index is 1530. The zero-order chi connectivity index (χ0) is 32.5. The van der Waals surface area contributed by atoms with Crippen molar-refractivity contribution in [3.63, 3.8) is 0 Å². The molecule has 1 saturated carbocycles. The van der Waals surface area contributed by atoms with Gasteiger partial charge in [0.1, 0.15) is 5.75 Å². The highest BCUT2D eigenvalue weighted by Gasteiger charge is 2.46. The van der Waals surface area contributed by atoms with E-state index in [1.807, 2.05) is 36.4 Å². The lowest BCUT2D eigenvalue weighted by molar-refractivity contribution is -0.0429. The summed E-state index contributed by atoms with van der Waals surface area (Å²) in [6, 6.07) is 19.6. The zero-order valence-electron chi connectivity index (χ0n) is 25.6. The molecule has 1 amide bonds. The number of alkyl halides is 3. The first-order valence-corrected chi connectivity index (χ1v) is 16.5. The highest BCUT2D eigenvalue weighted by atomic mass is 35.5. The van der Waals surface area contributed by atoms with Crippen molar-refractivity contribution in [3.8, 4) is 5.75 Å². The van der Waals surface area contributed by atoms with E-state index in [-0.39, 0.29) is 24.5 Å². The molecule has 3 aromatic carbocycles. The molecule has 0 radical (unpaired) electrons. The highest BCUT2D eigenvalue weighted by Crippen LogP contribution is 2.28. The Labute approximate surface area is 274 Å². The molecule has 0 aliphatic heterocycles. The predicted octanol–water partition coefficient (Wildman–Crippen LogP) is 5.99. The van der Waals surface area contributed by atoms with E-state index in [4.69, 9.17) is 4.74 Å². The van der Waals surface area contributed by atoms with Gasteiger partial charge in [-0.3, -0.25) is 9.52 Å². The number of halogens is 4. The maximum Gasteiger partial charge on any atom is 0.516 e. The standard InChI is InChI=1S/C33H40F3N3O5S.ClH/c1-44-29-15-6-12-26(18-29)21-37-22-31(40)30(19-25-11-5-10-24(17-25)16-23-8-3-2-4-9-23)38-32(41)27-13-7-14-28(20-27)39-45(42,43)33(34,35)36;/h5-7,10-15,17-18,20,23,30-31,37,39-40H,2-4,8-9,16,19,21-22H2,1H3,(H,38,41);1H/t30-,31-;/m0./s1. The van der Waals surface area contributed by atoms with Gasteiger partial charge in [-0.1, -0.05) is 74.6 Å². The molecule has 4 N–H and O–H groups in total. The molecular weight excluding hydrogens is 643 g/mol. The van der Waals surface area contributed by atoms with Gasteiger partial charge in [-0.15, -0.1) is 12.4 Å². The number of hydrogen-bond donors (Lipinski definition) is 4. The Morgan fingerprint density at radius 2 is 1.63 bits per heavy atom. The van der Waals surface area contributed by atoms with Crippen molar-refractivity contribution in [2.24, 2.45) is 5.92 Å². The topological polar surface area (TPSA) is 117 Å². The number of methoxy groups -OCH3 is 1. The fourth-order valence-corrected chi connectivity index (χ4v) is 6.18. The Balaban J connectivity index is 0.00000576. The number of aliphatic hydroxyl groups excluding tert-OH is 1. The molecule has 8 nitrogen and oxygen atoms in total. The zero-order valence-corrected chi connectivity index (χ0v) is 27.2. The molecule has 0 bridgehead atoms. The second-order valence-corrected chi connectivity index (χ2v) is 13.2. The van der Waals surface area contributed by atoms with Gasteiger partial charge in [-0.2, -0.15) is 21.6 Å². The van der Waals surface area contributed by atoms with E-state index in [1.165, 1.54) is 54.5 Å². The second-order valence-electron chi connectivity index (χ2n) is 11.5. The molecule has 0 aromatic heterocycles. The fraction of sp³-hybridized carbons (Fsp3) is 0.424. The third-order valence-corrected chi connectivity index (χ3v) is 9.09. The van der Waals surface area contributed by atoms with Crippen LogP contribution in [0.5, 0.6) is 5.75 Å². The van der Waals surface area contributed by atoms with E-state index >= 15 is 0 Å². The van der Waals surface area contributed by atoms with E-state index < -0.39 is 39.3 Å². The van der Waals surface area contributed by atoms with Gasteiger partial charge in [0.25, 0.3) is 5.91 Å². The number of anilines is 1. The molecule has 1 aliphatic rings. The van der Waals surface area contributed by atoms with Crippen LogP contribution in [0.3, 0.4) is 0 Å². The first kappa shape index (κ1) is 37.1. The summed E-state index contributed by atoms with van der Waals surface area (Å²) in [5, 5.41) is 17.3. The van der Waals surface area contributed by atoms with Crippen molar-refractivity contribution >= 4 is 34.0 Å². The molecule has 1 aliphatic carbocycles. The Hall–Kier alpha value is -3.32. The van der Waals surface area contributed by atoms with Crippen LogP contribution in [0.25, 0.3) is 0 Å². The molecule has 4 rings (SSSR count). The molecule has 0 saturated heterocycles. The molecule has 1 fully saturated rings. The van der Waals surface area contributed by atoms with E-state index in [0.29, 0.717) is 24.6 Å². The van der Waals surface area contributed by atoms with Crippen LogP contribution >= 0.6 is 12.4 Å². The summed E-state index contributed by atoms with van der Waals surface area (Å²) in [6.07, 6.45) is 6.41. The number of carbonyl (C=O) groups excluding carboxylic acids is 1. The van der Waals surface area contributed by atoms with Gasteiger partial charge in [-0.05, 0) is 65.8 Å². The number of rotatable bonds is 14. The smallest absolute Gasteiger partial charge is 0.497 e. The van der Waals surface area contributed by atoms with Crippen molar-refractivity contribution < 1.29 is 36.2 Å².